The second-order valence-electron chi connectivity index (χ2n) is 9.45. The van der Waals surface area contributed by atoms with Gasteiger partial charge < -0.3 is 20.9 Å². The number of nitrogens with zero attached hydrogens (tertiary/aromatic N) is 1. The number of carbonyl (C=O) groups excluding carboxylic acids is 3. The van der Waals surface area contributed by atoms with Crippen LogP contribution in [0.2, 0.25) is 0 Å². The molecule has 1 saturated carbocycles. The Morgan fingerprint density at radius 1 is 0.816 bits per heavy atom. The fourth-order valence-electron chi connectivity index (χ4n) is 4.44. The summed E-state index contributed by atoms with van der Waals surface area (Å²) in [5.41, 5.74) is 5.90. The molecular formula is C29H33N5O4. The Bertz CT molecular complexity index is 1230. The fourth-order valence-corrected chi connectivity index (χ4v) is 4.44. The van der Waals surface area contributed by atoms with Gasteiger partial charge in [-0.1, -0.05) is 42.5 Å². The number of amides is 3. The largest absolute Gasteiger partial charge is 0.385 e. The molecule has 3 unspecified atom stereocenters. The lowest BCUT2D eigenvalue weighted by atomic mass is 10.0. The smallest absolute Gasteiger partial charge is 0.275 e. The first-order chi connectivity index (χ1) is 18.4. The molecule has 0 spiro atoms. The lowest BCUT2D eigenvalue weighted by Crippen LogP contribution is -2.54. The molecule has 3 amide bonds. The molecule has 3 aromatic rings. The van der Waals surface area contributed by atoms with Crippen LogP contribution >= 0.6 is 0 Å². The summed E-state index contributed by atoms with van der Waals surface area (Å²) in [6.45, 7) is 1.93. The first-order valence-corrected chi connectivity index (χ1v) is 12.6. The fraction of sp³-hybridized carbons (Fsp3) is 0.276. The zero-order chi connectivity index (χ0) is 27.1. The van der Waals surface area contributed by atoms with E-state index in [1.165, 1.54) is 26.0 Å². The number of nitrogens with one attached hydrogen (secondary N) is 4. The summed E-state index contributed by atoms with van der Waals surface area (Å²) in [4.78, 5) is 37.8. The van der Waals surface area contributed by atoms with Crippen LogP contribution in [0.15, 0.2) is 78.9 Å². The molecule has 4 rings (SSSR count). The topological polar surface area (TPSA) is 123 Å². The van der Waals surface area contributed by atoms with Crippen LogP contribution in [0.4, 0.5) is 11.4 Å². The molecule has 1 aliphatic carbocycles. The predicted molar refractivity (Wildman–Crippen MR) is 147 cm³/mol. The molecule has 1 aliphatic rings. The van der Waals surface area contributed by atoms with Crippen molar-refractivity contribution in [3.8, 4) is 11.1 Å². The van der Waals surface area contributed by atoms with Crippen molar-refractivity contribution in [2.75, 3.05) is 37.8 Å². The normalized spacial score (nSPS) is 16.6. The molecule has 3 atom stereocenters. The van der Waals surface area contributed by atoms with E-state index in [4.69, 9.17) is 5.21 Å². The van der Waals surface area contributed by atoms with Crippen LogP contribution in [0, 0.1) is 11.8 Å². The van der Waals surface area contributed by atoms with Crippen LogP contribution in [-0.4, -0.2) is 61.1 Å². The van der Waals surface area contributed by atoms with Crippen molar-refractivity contribution in [3.05, 3.63) is 84.4 Å². The van der Waals surface area contributed by atoms with Crippen molar-refractivity contribution in [3.63, 3.8) is 0 Å². The van der Waals surface area contributed by atoms with Crippen molar-refractivity contribution in [1.29, 1.82) is 0 Å². The van der Waals surface area contributed by atoms with E-state index in [0.29, 0.717) is 17.4 Å². The van der Waals surface area contributed by atoms with E-state index in [1.807, 2.05) is 54.6 Å². The van der Waals surface area contributed by atoms with Crippen LogP contribution in [0.3, 0.4) is 0 Å². The van der Waals surface area contributed by atoms with E-state index in [-0.39, 0.29) is 0 Å². The molecule has 1 fully saturated rings. The van der Waals surface area contributed by atoms with Crippen LogP contribution in [0.25, 0.3) is 11.1 Å². The first kappa shape index (κ1) is 26.7. The van der Waals surface area contributed by atoms with Gasteiger partial charge in [-0.05, 0) is 65.8 Å². The summed E-state index contributed by atoms with van der Waals surface area (Å²) < 4.78 is 0. The van der Waals surface area contributed by atoms with Gasteiger partial charge in [0.25, 0.3) is 17.7 Å². The summed E-state index contributed by atoms with van der Waals surface area (Å²) in [7, 11) is 2.68. The van der Waals surface area contributed by atoms with Gasteiger partial charge in [0.15, 0.2) is 6.04 Å². The second-order valence-corrected chi connectivity index (χ2v) is 9.45. The minimum Gasteiger partial charge on any atom is -0.385 e. The molecular weight excluding hydrogens is 482 g/mol. The number of carbonyl (C=O) groups is 3. The van der Waals surface area contributed by atoms with Gasteiger partial charge in [0.05, 0.1) is 0 Å². The van der Waals surface area contributed by atoms with Crippen molar-refractivity contribution in [2.45, 2.75) is 12.5 Å². The lowest BCUT2D eigenvalue weighted by molar-refractivity contribution is -0.140. The molecule has 0 saturated heterocycles. The molecule has 3 aromatic carbocycles. The third kappa shape index (κ3) is 6.49. The molecule has 0 aromatic heterocycles. The van der Waals surface area contributed by atoms with Crippen molar-refractivity contribution >= 4 is 29.1 Å². The van der Waals surface area contributed by atoms with Gasteiger partial charge in [-0.25, -0.2) is 5.48 Å². The van der Waals surface area contributed by atoms with E-state index in [0.717, 1.165) is 40.5 Å². The highest BCUT2D eigenvalue weighted by Gasteiger charge is 2.36. The van der Waals surface area contributed by atoms with E-state index in [2.05, 4.69) is 28.1 Å². The minimum atomic E-state index is -1.50. The highest BCUT2D eigenvalue weighted by Crippen LogP contribution is 2.38. The van der Waals surface area contributed by atoms with Gasteiger partial charge in [-0.3, -0.25) is 19.6 Å². The zero-order valence-corrected chi connectivity index (χ0v) is 21.5. The molecule has 0 heterocycles. The summed E-state index contributed by atoms with van der Waals surface area (Å²) >= 11 is 0. The van der Waals surface area contributed by atoms with E-state index < -0.39 is 23.8 Å². The van der Waals surface area contributed by atoms with Crippen molar-refractivity contribution in [2.24, 2.45) is 11.8 Å². The molecule has 38 heavy (non-hydrogen) atoms. The van der Waals surface area contributed by atoms with E-state index >= 15 is 0 Å². The van der Waals surface area contributed by atoms with Gasteiger partial charge in [-0.15, -0.1) is 0 Å². The zero-order valence-electron chi connectivity index (χ0n) is 21.5. The molecule has 0 aliphatic heterocycles. The van der Waals surface area contributed by atoms with Crippen LogP contribution in [-0.2, 0) is 9.59 Å². The van der Waals surface area contributed by atoms with Crippen LogP contribution in [0.5, 0.6) is 0 Å². The standard InChI is InChI=1S/C29H33N5O4/c1-30-27(35)26(28(36)33-38)34(2)29(37)21-10-8-19(9-11-21)20-12-14-25(15-13-20)32-18-23-16-22(23)17-31-24-6-4-3-5-7-24/h3-15,22-23,26,31-32,38H,16-18H2,1-2H3,(H,30,35)(H,33,36). The molecule has 9 nitrogen and oxygen atoms in total. The number of likely N-dealkylation sites (N-methyl/N-ethyl adjacent to an activating group) is 2. The Morgan fingerprint density at radius 3 is 1.87 bits per heavy atom. The maximum absolute atomic E-state index is 12.9. The van der Waals surface area contributed by atoms with Crippen LogP contribution in [0.1, 0.15) is 16.8 Å². The van der Waals surface area contributed by atoms with Gasteiger partial charge >= 0.3 is 0 Å². The van der Waals surface area contributed by atoms with Gasteiger partial charge in [0.1, 0.15) is 0 Å². The number of anilines is 2. The molecule has 0 bridgehead atoms. The van der Waals surface area contributed by atoms with Gasteiger partial charge in [0, 0.05) is 44.1 Å². The molecule has 5 N–H and O–H groups in total. The van der Waals surface area contributed by atoms with E-state index in [1.54, 1.807) is 12.1 Å². The number of hydroxylamine groups is 1. The summed E-state index contributed by atoms with van der Waals surface area (Å²) in [5.74, 6) is -0.872. The third-order valence-electron chi connectivity index (χ3n) is 6.89. The molecule has 0 radical (unpaired) electrons. The highest BCUT2D eigenvalue weighted by atomic mass is 16.5. The molecule has 9 heteroatoms. The minimum absolute atomic E-state index is 0.315. The number of benzene rings is 3. The van der Waals surface area contributed by atoms with Crippen molar-refractivity contribution < 1.29 is 19.6 Å². The summed E-state index contributed by atoms with van der Waals surface area (Å²) in [6, 6.07) is 23.8. The average Bonchev–Trinajstić information content (AvgIpc) is 3.73. The summed E-state index contributed by atoms with van der Waals surface area (Å²) in [5, 5.41) is 18.3. The van der Waals surface area contributed by atoms with Gasteiger partial charge in [-0.2, -0.15) is 0 Å². The lowest BCUT2D eigenvalue weighted by Gasteiger charge is -2.25. The first-order valence-electron chi connectivity index (χ1n) is 12.6. The molecule has 198 valence electrons. The predicted octanol–water partition coefficient (Wildman–Crippen LogP) is 3.21. The second kappa shape index (κ2) is 12.2. The SMILES string of the molecule is CNC(=O)C(C(=O)NO)N(C)C(=O)c1ccc(-c2ccc(NCC3CC3CNc3ccccc3)cc2)cc1. The Hall–Kier alpha value is -4.37. The van der Waals surface area contributed by atoms with Gasteiger partial charge in [0.2, 0.25) is 0 Å². The quantitative estimate of drug-likeness (QED) is 0.152. The van der Waals surface area contributed by atoms with Crippen molar-refractivity contribution in [1.82, 2.24) is 15.7 Å². The van der Waals surface area contributed by atoms with E-state index in [9.17, 15) is 14.4 Å². The number of rotatable bonds is 11. The Balaban J connectivity index is 1.29. The number of hydrogen-bond donors (Lipinski definition) is 5. The Kier molecular flexibility index (Phi) is 8.60. The maximum Gasteiger partial charge on any atom is 0.275 e. The number of hydrogen-bond acceptors (Lipinski definition) is 6. The maximum atomic E-state index is 12.9. The Morgan fingerprint density at radius 2 is 1.34 bits per heavy atom. The monoisotopic (exact) mass is 515 g/mol. The Labute approximate surface area is 222 Å². The average molecular weight is 516 g/mol. The number of para-hydroxylation sites is 1. The highest BCUT2D eigenvalue weighted by molar-refractivity contribution is 6.08. The third-order valence-corrected chi connectivity index (χ3v) is 6.89. The summed E-state index contributed by atoms with van der Waals surface area (Å²) in [6.07, 6.45) is 1.22. The van der Waals surface area contributed by atoms with Crippen LogP contribution < -0.4 is 21.4 Å².